The van der Waals surface area contributed by atoms with E-state index in [1.165, 1.54) is 18.4 Å². The van der Waals surface area contributed by atoms with Crippen LogP contribution >= 0.6 is 0 Å². The number of benzene rings is 2. The first-order valence-corrected chi connectivity index (χ1v) is 8.65. The highest BCUT2D eigenvalue weighted by atomic mass is 16.6. The molecule has 0 atom stereocenters. The van der Waals surface area contributed by atoms with E-state index in [-0.39, 0.29) is 35.9 Å². The lowest BCUT2D eigenvalue weighted by atomic mass is 10.1. The van der Waals surface area contributed by atoms with Crippen molar-refractivity contribution in [3.63, 3.8) is 0 Å². The number of nitro groups is 1. The summed E-state index contributed by atoms with van der Waals surface area (Å²) >= 11 is 0. The summed E-state index contributed by atoms with van der Waals surface area (Å²) in [5.74, 6) is -0.121. The van der Waals surface area contributed by atoms with Crippen LogP contribution in [0.1, 0.15) is 32.0 Å². The molecule has 0 fully saturated rings. The number of nitrogens with zero attached hydrogens (tertiary/aromatic N) is 1. The number of amides is 2. The van der Waals surface area contributed by atoms with Crippen molar-refractivity contribution in [2.45, 2.75) is 13.1 Å². The average Bonchev–Trinajstić information content (AvgIpc) is 3.24. The van der Waals surface area contributed by atoms with Crippen molar-refractivity contribution in [3.05, 3.63) is 93.4 Å². The summed E-state index contributed by atoms with van der Waals surface area (Å²) in [6, 6.07) is 14.1. The lowest BCUT2D eigenvalue weighted by Gasteiger charge is -2.08. The fraction of sp³-hybridized carbons (Fsp3) is 0.100. The van der Waals surface area contributed by atoms with Crippen LogP contribution in [0, 0.1) is 10.1 Å². The average molecular weight is 394 g/mol. The molecule has 0 saturated heterocycles. The molecule has 0 unspecified atom stereocenters. The van der Waals surface area contributed by atoms with Crippen LogP contribution in [0.2, 0.25) is 0 Å². The minimum Gasteiger partial charge on any atom is -0.467 e. The predicted octanol–water partition coefficient (Wildman–Crippen LogP) is 2.63. The zero-order chi connectivity index (χ0) is 20.8. The van der Waals surface area contributed by atoms with Gasteiger partial charge < -0.3 is 20.8 Å². The van der Waals surface area contributed by atoms with Gasteiger partial charge in [-0.25, -0.2) is 0 Å². The summed E-state index contributed by atoms with van der Waals surface area (Å²) < 4.78 is 5.17. The first-order valence-electron chi connectivity index (χ1n) is 8.65. The maximum Gasteiger partial charge on any atom is 0.292 e. The number of rotatable bonds is 7. The van der Waals surface area contributed by atoms with Crippen LogP contribution in [0.3, 0.4) is 0 Å². The summed E-state index contributed by atoms with van der Waals surface area (Å²) in [4.78, 5) is 34.9. The minimum atomic E-state index is -0.642. The highest BCUT2D eigenvalue weighted by Gasteiger charge is 2.15. The molecule has 3 rings (SSSR count). The topological polar surface area (TPSA) is 140 Å². The van der Waals surface area contributed by atoms with Gasteiger partial charge >= 0.3 is 0 Å². The molecular weight excluding hydrogens is 376 g/mol. The molecule has 0 bridgehead atoms. The number of furan rings is 1. The number of carbonyl (C=O) groups is 2. The van der Waals surface area contributed by atoms with Gasteiger partial charge in [0.15, 0.2) is 0 Å². The van der Waals surface area contributed by atoms with Crippen LogP contribution in [0.15, 0.2) is 65.3 Å². The minimum absolute atomic E-state index is 0.0141. The van der Waals surface area contributed by atoms with E-state index in [1.807, 2.05) is 0 Å². The molecule has 0 aliphatic rings. The monoisotopic (exact) mass is 394 g/mol. The number of nitrogens with one attached hydrogen (secondary N) is 2. The van der Waals surface area contributed by atoms with Crippen molar-refractivity contribution < 1.29 is 18.9 Å². The summed E-state index contributed by atoms with van der Waals surface area (Å²) in [6.45, 7) is 0.416. The Morgan fingerprint density at radius 1 is 0.966 bits per heavy atom. The first kappa shape index (κ1) is 19.6. The fourth-order valence-electron chi connectivity index (χ4n) is 2.63. The SMILES string of the molecule is Nc1ccc(C(=O)NCc2cccc(C(=O)NCc3ccco3)c2)cc1[N+](=O)[O-]. The van der Waals surface area contributed by atoms with Crippen LogP contribution in [-0.2, 0) is 13.1 Å². The van der Waals surface area contributed by atoms with E-state index >= 15 is 0 Å². The number of hydrogen-bond donors (Lipinski definition) is 3. The van der Waals surface area contributed by atoms with Crippen LogP contribution in [0.25, 0.3) is 0 Å². The molecule has 4 N–H and O–H groups in total. The summed E-state index contributed by atoms with van der Waals surface area (Å²) in [5, 5.41) is 16.4. The second-order valence-electron chi connectivity index (χ2n) is 6.18. The second kappa shape index (κ2) is 8.70. The highest BCUT2D eigenvalue weighted by molar-refractivity contribution is 5.96. The predicted molar refractivity (Wildman–Crippen MR) is 105 cm³/mol. The van der Waals surface area contributed by atoms with Crippen molar-refractivity contribution in [2.75, 3.05) is 5.73 Å². The molecular formula is C20H18N4O5. The van der Waals surface area contributed by atoms with E-state index in [0.717, 1.165) is 6.07 Å². The Kier molecular flexibility index (Phi) is 5.88. The number of hydrogen-bond acceptors (Lipinski definition) is 6. The van der Waals surface area contributed by atoms with Crippen molar-refractivity contribution in [3.8, 4) is 0 Å². The molecule has 0 saturated carbocycles. The van der Waals surface area contributed by atoms with E-state index in [2.05, 4.69) is 10.6 Å². The normalized spacial score (nSPS) is 10.3. The van der Waals surface area contributed by atoms with Gasteiger partial charge in [-0.15, -0.1) is 0 Å². The number of nitro benzene ring substituents is 1. The van der Waals surface area contributed by atoms with Gasteiger partial charge in [-0.05, 0) is 42.0 Å². The first-order chi connectivity index (χ1) is 13.9. The number of nitrogens with two attached hydrogens (primary N) is 1. The lowest BCUT2D eigenvalue weighted by molar-refractivity contribution is -0.383. The van der Waals surface area contributed by atoms with Crippen LogP contribution in [-0.4, -0.2) is 16.7 Å². The van der Waals surface area contributed by atoms with Gasteiger partial charge in [0.1, 0.15) is 11.4 Å². The van der Waals surface area contributed by atoms with Crippen molar-refractivity contribution >= 4 is 23.2 Å². The Labute approximate surface area is 165 Å². The van der Waals surface area contributed by atoms with Crippen LogP contribution in [0.4, 0.5) is 11.4 Å². The molecule has 0 spiro atoms. The Bertz CT molecular complexity index is 1050. The molecule has 2 amide bonds. The molecule has 0 aliphatic heterocycles. The Hall–Kier alpha value is -4.14. The third-order valence-electron chi connectivity index (χ3n) is 4.13. The molecule has 29 heavy (non-hydrogen) atoms. The molecule has 1 heterocycles. The molecule has 1 aromatic heterocycles. The van der Waals surface area contributed by atoms with Crippen molar-refractivity contribution in [1.82, 2.24) is 10.6 Å². The Morgan fingerprint density at radius 2 is 1.69 bits per heavy atom. The Morgan fingerprint density at radius 3 is 2.38 bits per heavy atom. The van der Waals surface area contributed by atoms with E-state index in [1.54, 1.807) is 36.4 Å². The summed E-state index contributed by atoms with van der Waals surface area (Å²) in [7, 11) is 0. The van der Waals surface area contributed by atoms with Crippen LogP contribution < -0.4 is 16.4 Å². The third-order valence-corrected chi connectivity index (χ3v) is 4.13. The maximum absolute atomic E-state index is 12.3. The third kappa shape index (κ3) is 4.98. The van der Waals surface area contributed by atoms with Gasteiger partial charge in [0.05, 0.1) is 17.7 Å². The van der Waals surface area contributed by atoms with Gasteiger partial charge in [0, 0.05) is 23.7 Å². The van der Waals surface area contributed by atoms with Crippen molar-refractivity contribution in [2.24, 2.45) is 0 Å². The van der Waals surface area contributed by atoms with E-state index in [0.29, 0.717) is 16.9 Å². The molecule has 148 valence electrons. The number of anilines is 1. The fourth-order valence-corrected chi connectivity index (χ4v) is 2.63. The molecule has 3 aromatic rings. The number of nitrogen functional groups attached to an aromatic ring is 1. The standard InChI is InChI=1S/C20H18N4O5/c21-17-7-6-15(10-18(17)24(27)28)20(26)22-11-13-3-1-4-14(9-13)19(25)23-12-16-5-2-8-29-16/h1-10H,11-12,21H2,(H,22,26)(H,23,25). The van der Waals surface area contributed by atoms with E-state index in [9.17, 15) is 19.7 Å². The van der Waals surface area contributed by atoms with E-state index in [4.69, 9.17) is 10.2 Å². The maximum atomic E-state index is 12.3. The number of carbonyl (C=O) groups excluding carboxylic acids is 2. The molecule has 9 nitrogen and oxygen atoms in total. The van der Waals surface area contributed by atoms with Gasteiger partial charge in [0.2, 0.25) is 0 Å². The Balaban J connectivity index is 1.61. The lowest BCUT2D eigenvalue weighted by Crippen LogP contribution is -2.24. The largest absolute Gasteiger partial charge is 0.467 e. The molecule has 0 radical (unpaired) electrons. The van der Waals surface area contributed by atoms with Gasteiger partial charge in [-0.2, -0.15) is 0 Å². The zero-order valence-electron chi connectivity index (χ0n) is 15.3. The smallest absolute Gasteiger partial charge is 0.292 e. The van der Waals surface area contributed by atoms with Gasteiger partial charge in [-0.3, -0.25) is 19.7 Å². The second-order valence-corrected chi connectivity index (χ2v) is 6.18. The summed E-state index contributed by atoms with van der Waals surface area (Å²) in [5.41, 5.74) is 6.46. The van der Waals surface area contributed by atoms with Gasteiger partial charge in [0.25, 0.3) is 17.5 Å². The molecule has 9 heteroatoms. The van der Waals surface area contributed by atoms with Crippen LogP contribution in [0.5, 0.6) is 0 Å². The summed E-state index contributed by atoms with van der Waals surface area (Å²) in [6.07, 6.45) is 1.53. The van der Waals surface area contributed by atoms with E-state index < -0.39 is 10.8 Å². The van der Waals surface area contributed by atoms with Gasteiger partial charge in [-0.1, -0.05) is 12.1 Å². The van der Waals surface area contributed by atoms with Crippen molar-refractivity contribution in [1.29, 1.82) is 0 Å². The quantitative estimate of drug-likeness (QED) is 0.320. The zero-order valence-corrected chi connectivity index (χ0v) is 15.3. The highest BCUT2D eigenvalue weighted by Crippen LogP contribution is 2.22. The molecule has 0 aliphatic carbocycles. The molecule has 2 aromatic carbocycles.